The zero-order valence-corrected chi connectivity index (χ0v) is 73.5. The lowest BCUT2D eigenvalue weighted by molar-refractivity contribution is -0.659. The Balaban J connectivity index is 0.000000123. The molecular formula is C110H113N5O2+4. The fraction of sp³-hybridized carbons (Fsp3) is 0.236. The smallest absolute Gasteiger partial charge is 0.213 e. The summed E-state index contributed by atoms with van der Waals surface area (Å²) in [7, 11) is 16.3. The molecule has 0 aliphatic rings. The van der Waals surface area contributed by atoms with Gasteiger partial charge in [0.2, 0.25) is 22.8 Å². The fourth-order valence-corrected chi connectivity index (χ4v) is 18.9. The first-order valence-electron chi connectivity index (χ1n) is 41.2. The lowest BCUT2D eigenvalue weighted by Gasteiger charge is -2.24. The van der Waals surface area contributed by atoms with Crippen LogP contribution in [0.1, 0.15) is 104 Å². The molecule has 7 heteroatoms. The Morgan fingerprint density at radius 3 is 0.838 bits per heavy atom. The van der Waals surface area contributed by atoms with Crippen molar-refractivity contribution in [3.63, 3.8) is 0 Å². The standard InChI is InChI=1S/C31H32N.C29H29N2.C25H26NO2.C25H26N/c1-19-22-12-8-9-13-23(22)21(3)28-18-32(7)30(17-26(19)28)27-16-29(31(4,5)6)25-15-11-10-14-24(25)20(27)2;1-18-21-11-7-8-12-22(21)20(3)27-17-31(6)29(15-25(18)27)26-16-28(30(4)5)24-14-10-9-13-23(24)19(26)2;1-15-19-9-7-8-10-20(19)16(2)23-14-26(4)24(13-21(15)23)22-11-18(27-5)12-25(28-6)17(22)3;1-15-11-16(2)17(3)23(12-15)25-13-22-18(4)20-9-7-8-10-21(20)19(5)24(22)14-26(25)6/h8-18H,1-7H3;7-17H,1-6H3;7-14H,1-6H3;7-14H,1-6H3/q4*+1. The van der Waals surface area contributed by atoms with Crippen LogP contribution in [0.4, 0.5) is 5.69 Å². The molecule has 18 rings (SSSR count). The molecule has 7 nitrogen and oxygen atoms in total. The number of anilines is 1. The minimum absolute atomic E-state index is 0.0696. The van der Waals surface area contributed by atoms with Gasteiger partial charge in [0, 0.05) is 93.7 Å². The van der Waals surface area contributed by atoms with Crippen LogP contribution in [0.3, 0.4) is 0 Å². The highest BCUT2D eigenvalue weighted by atomic mass is 16.5. The normalized spacial score (nSPS) is 11.6. The molecule has 0 spiro atoms. The summed E-state index contributed by atoms with van der Waals surface area (Å²) in [6.07, 6.45) is 9.18. The van der Waals surface area contributed by atoms with Gasteiger partial charge < -0.3 is 14.4 Å². The van der Waals surface area contributed by atoms with E-state index in [2.05, 4.69) is 408 Å². The highest BCUT2D eigenvalue weighted by Gasteiger charge is 2.28. The largest absolute Gasteiger partial charge is 0.497 e. The summed E-state index contributed by atoms with van der Waals surface area (Å²) in [6, 6.07) is 75.4. The van der Waals surface area contributed by atoms with Crippen LogP contribution in [-0.2, 0) is 33.6 Å². The van der Waals surface area contributed by atoms with Crippen LogP contribution in [0.5, 0.6) is 11.5 Å². The quantitative estimate of drug-likeness (QED) is 0.118. The Hall–Kier alpha value is -12.3. The van der Waals surface area contributed by atoms with Crippen LogP contribution in [-0.4, -0.2) is 28.3 Å². The van der Waals surface area contributed by atoms with E-state index in [1.165, 1.54) is 225 Å². The molecule has 0 aliphatic carbocycles. The Labute approximate surface area is 692 Å². The van der Waals surface area contributed by atoms with Gasteiger partial charge >= 0.3 is 0 Å². The first-order valence-corrected chi connectivity index (χ1v) is 41.2. The number of benzene rings is 14. The number of fused-ring (bicyclic) bond motifs is 10. The molecule has 4 aromatic heterocycles. The molecule has 117 heavy (non-hydrogen) atoms. The molecule has 14 aromatic carbocycles. The lowest BCUT2D eigenvalue weighted by atomic mass is 9.80. The van der Waals surface area contributed by atoms with Crippen LogP contribution >= 0.6 is 0 Å². The van der Waals surface area contributed by atoms with E-state index in [0.717, 1.165) is 28.3 Å². The van der Waals surface area contributed by atoms with Crippen molar-refractivity contribution in [2.24, 2.45) is 28.2 Å². The van der Waals surface area contributed by atoms with Crippen molar-refractivity contribution in [2.45, 2.75) is 123 Å². The number of pyridine rings is 4. The van der Waals surface area contributed by atoms with Gasteiger partial charge in [-0.3, -0.25) is 0 Å². The van der Waals surface area contributed by atoms with E-state index >= 15 is 0 Å². The van der Waals surface area contributed by atoms with Crippen LogP contribution in [0.25, 0.3) is 153 Å². The maximum absolute atomic E-state index is 5.59. The molecular weight excluding hydrogens is 1420 g/mol. The number of aryl methyl sites for hydroxylation is 16. The number of hydrogen-bond acceptors (Lipinski definition) is 3. The maximum Gasteiger partial charge on any atom is 0.213 e. The van der Waals surface area contributed by atoms with Crippen molar-refractivity contribution in [3.05, 3.63) is 314 Å². The molecule has 586 valence electrons. The summed E-state index contributed by atoms with van der Waals surface area (Å²) in [5, 5.41) is 26.7. The molecule has 4 heterocycles. The van der Waals surface area contributed by atoms with E-state index in [0.29, 0.717) is 0 Å². The lowest BCUT2D eigenvalue weighted by Crippen LogP contribution is -2.31. The van der Waals surface area contributed by atoms with Gasteiger partial charge in [-0.25, -0.2) is 18.3 Å². The SMILES string of the molecule is COc1cc(OC)c(C)c(-c2cc3c(C)c4ccccc4c(C)c3c[n+]2C)c1.Cc1c(-c2cc3c(C)c4ccccc4c(C)c3c[n+]2C)cc(C(C)(C)C)c2ccccc12.Cc1c(-c2cc3c(C)c4ccccc4c(C)c3c[n+]2C)cc(N(C)C)c2ccccc12.Cc1cc(C)c(C)c(-c2cc3c(C)c4ccccc4c(C)c3c[n+]2C)c1. The fourth-order valence-electron chi connectivity index (χ4n) is 18.9. The van der Waals surface area contributed by atoms with Gasteiger partial charge in [0.05, 0.1) is 25.3 Å². The van der Waals surface area contributed by atoms with Crippen LogP contribution in [0.15, 0.2) is 231 Å². The first-order chi connectivity index (χ1) is 55.9. The minimum atomic E-state index is 0.0696. The number of aromatic nitrogens is 4. The van der Waals surface area contributed by atoms with Gasteiger partial charge in [-0.1, -0.05) is 178 Å². The minimum Gasteiger partial charge on any atom is -0.497 e. The number of methoxy groups -OCH3 is 2. The van der Waals surface area contributed by atoms with Gasteiger partial charge in [0.1, 0.15) is 39.7 Å². The van der Waals surface area contributed by atoms with Crippen molar-refractivity contribution in [1.29, 1.82) is 0 Å². The maximum atomic E-state index is 5.59. The summed E-state index contributed by atoms with van der Waals surface area (Å²) < 4.78 is 20.2. The third kappa shape index (κ3) is 14.1. The number of nitrogens with zero attached hydrogens (tertiary/aromatic N) is 5. The highest BCUT2D eigenvalue weighted by Crippen LogP contribution is 2.44. The first kappa shape index (κ1) is 79.9. The average molecular weight is 1540 g/mol. The van der Waals surface area contributed by atoms with Gasteiger partial charge in [-0.2, -0.15) is 0 Å². The second-order valence-corrected chi connectivity index (χ2v) is 34.2. The molecule has 0 fully saturated rings. The van der Waals surface area contributed by atoms with Gasteiger partial charge in [-0.05, 0) is 280 Å². The van der Waals surface area contributed by atoms with E-state index in [9.17, 15) is 0 Å². The second-order valence-electron chi connectivity index (χ2n) is 34.2. The summed E-state index contributed by atoms with van der Waals surface area (Å²) in [4.78, 5) is 2.22. The van der Waals surface area contributed by atoms with Crippen molar-refractivity contribution in [3.8, 4) is 56.5 Å². The third-order valence-corrected chi connectivity index (χ3v) is 25.9. The Morgan fingerprint density at radius 2 is 0.530 bits per heavy atom. The summed E-state index contributed by atoms with van der Waals surface area (Å²) in [5.41, 5.74) is 31.3. The molecule has 0 radical (unpaired) electrons. The van der Waals surface area contributed by atoms with Crippen LogP contribution < -0.4 is 32.6 Å². The molecule has 0 saturated carbocycles. The summed E-state index contributed by atoms with van der Waals surface area (Å²) in [5.74, 6) is 1.63. The predicted molar refractivity (Wildman–Crippen MR) is 500 cm³/mol. The zero-order chi connectivity index (χ0) is 83.2. The monoisotopic (exact) mass is 1540 g/mol. The van der Waals surface area contributed by atoms with E-state index in [4.69, 9.17) is 9.47 Å². The molecule has 0 amide bonds. The van der Waals surface area contributed by atoms with Crippen molar-refractivity contribution in [2.75, 3.05) is 33.2 Å². The van der Waals surface area contributed by atoms with Gasteiger partial charge in [0.25, 0.3) is 0 Å². The second kappa shape index (κ2) is 31.4. The Morgan fingerprint density at radius 1 is 0.256 bits per heavy atom. The molecule has 0 atom stereocenters. The molecule has 0 N–H and O–H groups in total. The number of rotatable bonds is 7. The van der Waals surface area contributed by atoms with Crippen molar-refractivity contribution < 1.29 is 27.7 Å². The highest BCUT2D eigenvalue weighted by molar-refractivity contribution is 6.10. The van der Waals surface area contributed by atoms with E-state index in [1.807, 2.05) is 6.07 Å². The van der Waals surface area contributed by atoms with E-state index in [1.54, 1.807) is 14.2 Å². The van der Waals surface area contributed by atoms with Crippen molar-refractivity contribution in [1.82, 2.24) is 0 Å². The number of ether oxygens (including phenoxy) is 2. The summed E-state index contributed by atoms with van der Waals surface area (Å²) >= 11 is 0. The average Bonchev–Trinajstić information content (AvgIpc) is 0.729. The van der Waals surface area contributed by atoms with E-state index in [-0.39, 0.29) is 5.41 Å². The van der Waals surface area contributed by atoms with Crippen molar-refractivity contribution >= 4 is 113 Å². The Kier molecular flexibility index (Phi) is 21.4. The number of hydrogen-bond donors (Lipinski definition) is 0. The third-order valence-electron chi connectivity index (χ3n) is 25.9. The predicted octanol–water partition coefficient (Wildman–Crippen LogP) is 25.9. The molecule has 0 unspecified atom stereocenters. The summed E-state index contributed by atoms with van der Waals surface area (Å²) in [6.45, 7) is 38.1. The zero-order valence-electron chi connectivity index (χ0n) is 73.5. The van der Waals surface area contributed by atoms with Gasteiger partial charge in [0.15, 0.2) is 24.8 Å². The van der Waals surface area contributed by atoms with Crippen LogP contribution in [0, 0.1) is 96.9 Å². The van der Waals surface area contributed by atoms with E-state index < -0.39 is 0 Å². The molecule has 0 bridgehead atoms. The Bertz CT molecular complexity index is 7130. The van der Waals surface area contributed by atoms with Crippen LogP contribution in [0.2, 0.25) is 0 Å². The van der Waals surface area contributed by atoms with Gasteiger partial charge in [-0.15, -0.1) is 0 Å². The topological polar surface area (TPSA) is 37.2 Å². The molecule has 0 aliphatic heterocycles. The molecule has 18 aromatic rings. The molecule has 0 saturated heterocycles.